The van der Waals surface area contributed by atoms with Gasteiger partial charge in [-0.2, -0.15) is 0 Å². The third kappa shape index (κ3) is 5.25. The maximum Gasteiger partial charge on any atom is 0.321 e. The number of hydrogen-bond acceptors (Lipinski definition) is 4. The van der Waals surface area contributed by atoms with Gasteiger partial charge < -0.3 is 26.0 Å². The molecule has 1 heterocycles. The van der Waals surface area contributed by atoms with Crippen LogP contribution in [0.25, 0.3) is 10.9 Å². The number of benzene rings is 1. The first-order chi connectivity index (χ1) is 10.3. The number of para-hydroxylation sites is 1. The standard InChI is InChI=1S/C10H9NO2.C4H7NO4/c12-10(13)5-7-6-11-9-4-2-1-3-8(7)9;5-2(4(8)9)1-3(6)7/h1-4,6,11H,5H2,(H,12,13);2H,1,5H2,(H,6,7)(H,8,9). The number of H-pyrrole nitrogens is 1. The van der Waals surface area contributed by atoms with Crippen LogP contribution in [0.3, 0.4) is 0 Å². The number of rotatable bonds is 5. The van der Waals surface area contributed by atoms with Crippen molar-refractivity contribution in [2.24, 2.45) is 5.73 Å². The highest BCUT2D eigenvalue weighted by Gasteiger charge is 2.14. The predicted octanol–water partition coefficient (Wildman–Crippen LogP) is 0.668. The van der Waals surface area contributed by atoms with Crippen molar-refractivity contribution in [3.8, 4) is 0 Å². The number of aromatic amines is 1. The zero-order valence-corrected chi connectivity index (χ0v) is 11.5. The lowest BCUT2D eigenvalue weighted by Gasteiger charge is -1.99. The van der Waals surface area contributed by atoms with E-state index in [0.717, 1.165) is 16.5 Å². The van der Waals surface area contributed by atoms with Crippen LogP contribution in [-0.2, 0) is 20.8 Å². The second-order valence-corrected chi connectivity index (χ2v) is 4.47. The van der Waals surface area contributed by atoms with Gasteiger partial charge in [0, 0.05) is 17.1 Å². The number of carboxylic acid groups (broad SMARTS) is 3. The fourth-order valence-electron chi connectivity index (χ4n) is 1.72. The van der Waals surface area contributed by atoms with Crippen molar-refractivity contribution in [2.75, 3.05) is 0 Å². The molecule has 0 fully saturated rings. The number of nitrogens with two attached hydrogens (primary N) is 1. The molecule has 8 nitrogen and oxygen atoms in total. The van der Waals surface area contributed by atoms with Crippen LogP contribution in [0.1, 0.15) is 12.0 Å². The molecular weight excluding hydrogens is 292 g/mol. The lowest BCUT2D eigenvalue weighted by Crippen LogP contribution is -2.32. The molecule has 8 heteroatoms. The summed E-state index contributed by atoms with van der Waals surface area (Å²) in [5, 5.41) is 25.7. The molecule has 6 N–H and O–H groups in total. The Morgan fingerprint density at radius 2 is 1.73 bits per heavy atom. The van der Waals surface area contributed by atoms with Crippen molar-refractivity contribution in [1.82, 2.24) is 4.98 Å². The molecule has 0 amide bonds. The van der Waals surface area contributed by atoms with E-state index in [-0.39, 0.29) is 6.42 Å². The third-order valence-corrected chi connectivity index (χ3v) is 2.73. The number of carbonyl (C=O) groups is 3. The average Bonchev–Trinajstić information content (AvgIpc) is 2.81. The molecule has 2 aromatic rings. The molecule has 0 aliphatic carbocycles. The summed E-state index contributed by atoms with van der Waals surface area (Å²) in [6.45, 7) is 0. The van der Waals surface area contributed by atoms with Gasteiger partial charge >= 0.3 is 17.9 Å². The Morgan fingerprint density at radius 3 is 2.23 bits per heavy atom. The molecule has 0 saturated heterocycles. The minimum atomic E-state index is -1.29. The first-order valence-electron chi connectivity index (χ1n) is 6.28. The van der Waals surface area contributed by atoms with Gasteiger partial charge in [0.05, 0.1) is 12.8 Å². The number of hydrogen-bond donors (Lipinski definition) is 5. The van der Waals surface area contributed by atoms with E-state index in [1.807, 2.05) is 24.3 Å². The van der Waals surface area contributed by atoms with Crippen LogP contribution in [0.5, 0.6) is 0 Å². The number of nitrogens with one attached hydrogen (secondary N) is 1. The number of fused-ring (bicyclic) bond motifs is 1. The summed E-state index contributed by atoms with van der Waals surface area (Å²) in [4.78, 5) is 33.1. The Labute approximate surface area is 125 Å². The van der Waals surface area contributed by atoms with E-state index in [1.54, 1.807) is 6.20 Å². The minimum absolute atomic E-state index is 0.0734. The molecule has 1 aromatic carbocycles. The van der Waals surface area contributed by atoms with Gasteiger partial charge in [0.25, 0.3) is 0 Å². The zero-order valence-electron chi connectivity index (χ0n) is 11.5. The Hall–Kier alpha value is -2.87. The van der Waals surface area contributed by atoms with E-state index in [9.17, 15) is 14.4 Å². The maximum absolute atomic E-state index is 10.5. The van der Waals surface area contributed by atoms with Crippen LogP contribution in [0.4, 0.5) is 0 Å². The van der Waals surface area contributed by atoms with Gasteiger partial charge in [-0.15, -0.1) is 0 Å². The van der Waals surface area contributed by atoms with Crippen molar-refractivity contribution in [3.05, 3.63) is 36.0 Å². The van der Waals surface area contributed by atoms with Crippen LogP contribution in [-0.4, -0.2) is 44.3 Å². The molecular formula is C14H16N2O6. The molecule has 0 bridgehead atoms. The summed E-state index contributed by atoms with van der Waals surface area (Å²) in [5.74, 6) is -3.30. The van der Waals surface area contributed by atoms with Crippen molar-refractivity contribution < 1.29 is 29.7 Å². The molecule has 118 valence electrons. The van der Waals surface area contributed by atoms with Gasteiger partial charge in [-0.3, -0.25) is 14.4 Å². The van der Waals surface area contributed by atoms with Gasteiger partial charge in [-0.1, -0.05) is 18.2 Å². The van der Waals surface area contributed by atoms with Crippen LogP contribution < -0.4 is 5.73 Å². The van der Waals surface area contributed by atoms with Crippen LogP contribution >= 0.6 is 0 Å². The fraction of sp³-hybridized carbons (Fsp3) is 0.214. The number of aliphatic carboxylic acids is 3. The molecule has 1 aromatic heterocycles. The molecule has 22 heavy (non-hydrogen) atoms. The number of aromatic nitrogens is 1. The van der Waals surface area contributed by atoms with E-state index in [2.05, 4.69) is 4.98 Å². The zero-order chi connectivity index (χ0) is 16.7. The largest absolute Gasteiger partial charge is 0.481 e. The Bertz CT molecular complexity index is 679. The quantitative estimate of drug-likeness (QED) is 0.543. The average molecular weight is 308 g/mol. The summed E-state index contributed by atoms with van der Waals surface area (Å²) in [6.07, 6.45) is 1.29. The maximum atomic E-state index is 10.5. The Balaban J connectivity index is 0.000000239. The highest BCUT2D eigenvalue weighted by atomic mass is 16.4. The lowest BCUT2D eigenvalue weighted by molar-refractivity contribution is -0.144. The van der Waals surface area contributed by atoms with E-state index in [0.29, 0.717) is 0 Å². The van der Waals surface area contributed by atoms with Gasteiger partial charge in [0.15, 0.2) is 0 Å². The minimum Gasteiger partial charge on any atom is -0.481 e. The van der Waals surface area contributed by atoms with Gasteiger partial charge in [0.2, 0.25) is 0 Å². The lowest BCUT2D eigenvalue weighted by atomic mass is 10.1. The van der Waals surface area contributed by atoms with Crippen LogP contribution in [0.2, 0.25) is 0 Å². The van der Waals surface area contributed by atoms with Gasteiger partial charge in [-0.25, -0.2) is 0 Å². The van der Waals surface area contributed by atoms with Crippen molar-refractivity contribution in [3.63, 3.8) is 0 Å². The molecule has 2 rings (SSSR count). The van der Waals surface area contributed by atoms with Crippen LogP contribution in [0.15, 0.2) is 30.5 Å². The van der Waals surface area contributed by atoms with E-state index in [1.165, 1.54) is 0 Å². The van der Waals surface area contributed by atoms with E-state index in [4.69, 9.17) is 21.1 Å². The van der Waals surface area contributed by atoms with Gasteiger partial charge in [0.1, 0.15) is 6.04 Å². The summed E-state index contributed by atoms with van der Waals surface area (Å²) in [5.41, 5.74) is 6.66. The summed E-state index contributed by atoms with van der Waals surface area (Å²) in [6, 6.07) is 6.39. The van der Waals surface area contributed by atoms with E-state index >= 15 is 0 Å². The fourth-order valence-corrected chi connectivity index (χ4v) is 1.72. The molecule has 0 aliphatic rings. The van der Waals surface area contributed by atoms with Crippen LogP contribution in [0, 0.1) is 0 Å². The smallest absolute Gasteiger partial charge is 0.321 e. The molecule has 0 saturated carbocycles. The third-order valence-electron chi connectivity index (χ3n) is 2.73. The first kappa shape index (κ1) is 17.2. The Kier molecular flexibility index (Phi) is 6.09. The summed E-state index contributed by atoms with van der Waals surface area (Å²) >= 11 is 0. The summed E-state index contributed by atoms with van der Waals surface area (Å²) in [7, 11) is 0. The van der Waals surface area contributed by atoms with Crippen molar-refractivity contribution >= 4 is 28.8 Å². The highest BCUT2D eigenvalue weighted by molar-refractivity contribution is 5.86. The normalized spacial score (nSPS) is 11.3. The van der Waals surface area contributed by atoms with Crippen molar-refractivity contribution in [1.29, 1.82) is 0 Å². The molecule has 0 spiro atoms. The molecule has 0 radical (unpaired) electrons. The van der Waals surface area contributed by atoms with E-state index < -0.39 is 30.4 Å². The monoisotopic (exact) mass is 308 g/mol. The second kappa shape index (κ2) is 7.79. The van der Waals surface area contributed by atoms with Crippen molar-refractivity contribution in [2.45, 2.75) is 18.9 Å². The SMILES string of the molecule is NC(CC(=O)O)C(=O)O.O=C(O)Cc1c[nH]c2ccccc12. The second-order valence-electron chi connectivity index (χ2n) is 4.47. The Morgan fingerprint density at radius 1 is 1.09 bits per heavy atom. The first-order valence-corrected chi connectivity index (χ1v) is 6.28. The van der Waals surface area contributed by atoms with Gasteiger partial charge in [-0.05, 0) is 11.6 Å². The molecule has 0 aliphatic heterocycles. The highest BCUT2D eigenvalue weighted by Crippen LogP contribution is 2.17. The predicted molar refractivity (Wildman–Crippen MR) is 77.5 cm³/mol. The topological polar surface area (TPSA) is 154 Å². The summed E-state index contributed by atoms with van der Waals surface area (Å²) < 4.78 is 0. The molecule has 1 unspecified atom stereocenters. The number of carboxylic acids is 3. The molecule has 1 atom stereocenters.